The fourth-order valence-electron chi connectivity index (χ4n) is 4.23. The second-order valence-electron chi connectivity index (χ2n) is 8.60. The second-order valence-corrected chi connectivity index (χ2v) is 9.00. The summed E-state index contributed by atoms with van der Waals surface area (Å²) in [6, 6.07) is 11.2. The van der Waals surface area contributed by atoms with Crippen LogP contribution in [0.1, 0.15) is 54.8 Å². The number of nitrogens with zero attached hydrogens (tertiary/aromatic N) is 2. The Labute approximate surface area is 186 Å². The van der Waals surface area contributed by atoms with Gasteiger partial charge in [0, 0.05) is 29.2 Å². The molecule has 1 atom stereocenters. The van der Waals surface area contributed by atoms with Crippen molar-refractivity contribution >= 4 is 40.4 Å². The maximum atomic E-state index is 12.5. The number of methoxy groups -OCH3 is 1. The van der Waals surface area contributed by atoms with E-state index < -0.39 is 5.91 Å². The third-order valence-electron chi connectivity index (χ3n) is 6.07. The Hall–Kier alpha value is -2.99. The van der Waals surface area contributed by atoms with Gasteiger partial charge in [-0.3, -0.25) is 4.79 Å². The van der Waals surface area contributed by atoms with Gasteiger partial charge in [-0.1, -0.05) is 30.7 Å². The quantitative estimate of drug-likeness (QED) is 0.425. The first-order valence-electron chi connectivity index (χ1n) is 10.2. The van der Waals surface area contributed by atoms with Gasteiger partial charge in [-0.25, -0.2) is 5.43 Å². The number of carbonyl (C=O) groups excluding carboxylic acids is 1. The fourth-order valence-corrected chi connectivity index (χ4v) is 4.43. The molecule has 1 amide bonds. The summed E-state index contributed by atoms with van der Waals surface area (Å²) >= 11 is 6.52. The average Bonchev–Trinajstić information content (AvgIpc) is 3.17. The number of benzene rings is 2. The molecule has 0 bridgehead atoms. The lowest BCUT2D eigenvalue weighted by atomic mass is 9.80. The zero-order valence-corrected chi connectivity index (χ0v) is 19.1. The van der Waals surface area contributed by atoms with Crippen molar-refractivity contribution in [3.8, 4) is 5.75 Å². The Morgan fingerprint density at radius 2 is 2.13 bits per heavy atom. The fraction of sp³-hybridized carbons (Fsp3) is 0.333. The molecule has 7 heteroatoms. The summed E-state index contributed by atoms with van der Waals surface area (Å²) in [6.45, 7) is 6.69. The number of hydrazone groups is 1. The Balaban J connectivity index is 1.54. The number of halogens is 1. The highest BCUT2D eigenvalue weighted by molar-refractivity contribution is 6.33. The molecule has 6 nitrogen and oxygen atoms in total. The van der Waals surface area contributed by atoms with Crippen LogP contribution >= 0.6 is 11.6 Å². The van der Waals surface area contributed by atoms with E-state index in [1.165, 1.54) is 5.56 Å². The van der Waals surface area contributed by atoms with Gasteiger partial charge in [0.1, 0.15) is 0 Å². The number of nitrogens with one attached hydrogen (secondary N) is 1. The number of rotatable bonds is 4. The first kappa shape index (κ1) is 21.2. The van der Waals surface area contributed by atoms with Crippen molar-refractivity contribution in [1.82, 2.24) is 5.43 Å². The summed E-state index contributed by atoms with van der Waals surface area (Å²) < 4.78 is 10.9. The number of furan rings is 1. The molecule has 0 saturated carbocycles. The highest BCUT2D eigenvalue weighted by Gasteiger charge is 2.34. The minimum atomic E-state index is -0.446. The molecule has 0 radical (unpaired) electrons. The summed E-state index contributed by atoms with van der Waals surface area (Å²) in [7, 11) is 3.65. The van der Waals surface area contributed by atoms with Gasteiger partial charge >= 0.3 is 5.91 Å². The lowest BCUT2D eigenvalue weighted by molar-refractivity contribution is 0.0929. The zero-order valence-electron chi connectivity index (χ0n) is 18.3. The number of fused-ring (bicyclic) bond motifs is 2. The van der Waals surface area contributed by atoms with Crippen molar-refractivity contribution in [3.63, 3.8) is 0 Å². The maximum Gasteiger partial charge on any atom is 0.307 e. The van der Waals surface area contributed by atoms with Crippen LogP contribution in [0.25, 0.3) is 11.0 Å². The molecule has 0 unspecified atom stereocenters. The van der Waals surface area contributed by atoms with E-state index in [0.29, 0.717) is 22.3 Å². The third kappa shape index (κ3) is 3.88. The summed E-state index contributed by atoms with van der Waals surface area (Å²) in [4.78, 5) is 14.8. The second kappa shape index (κ2) is 7.93. The van der Waals surface area contributed by atoms with Crippen LogP contribution in [-0.2, 0) is 0 Å². The molecule has 1 aliphatic heterocycles. The van der Waals surface area contributed by atoms with Crippen molar-refractivity contribution in [2.75, 3.05) is 19.1 Å². The van der Waals surface area contributed by atoms with Crippen molar-refractivity contribution in [3.05, 3.63) is 58.3 Å². The molecule has 0 fully saturated rings. The van der Waals surface area contributed by atoms with E-state index in [1.807, 2.05) is 18.2 Å². The highest BCUT2D eigenvalue weighted by Crippen LogP contribution is 2.44. The number of ether oxygens (including phenoxy) is 1. The van der Waals surface area contributed by atoms with Crippen LogP contribution in [0.3, 0.4) is 0 Å². The van der Waals surface area contributed by atoms with E-state index in [0.717, 1.165) is 23.1 Å². The van der Waals surface area contributed by atoms with Crippen LogP contribution in [0.2, 0.25) is 5.02 Å². The molecule has 162 valence electrons. The molecule has 31 heavy (non-hydrogen) atoms. The first-order valence-corrected chi connectivity index (χ1v) is 10.6. The summed E-state index contributed by atoms with van der Waals surface area (Å²) in [5.41, 5.74) is 6.22. The molecule has 3 aromatic rings. The van der Waals surface area contributed by atoms with Gasteiger partial charge in [-0.2, -0.15) is 5.10 Å². The molecule has 0 saturated heterocycles. The van der Waals surface area contributed by atoms with Gasteiger partial charge in [0.15, 0.2) is 17.1 Å². The molecule has 2 aromatic carbocycles. The molecular weight excluding hydrogens is 414 g/mol. The van der Waals surface area contributed by atoms with Gasteiger partial charge in [0.05, 0.1) is 18.3 Å². The first-order chi connectivity index (χ1) is 14.7. The summed E-state index contributed by atoms with van der Waals surface area (Å²) in [6.07, 6.45) is 2.61. The largest absolute Gasteiger partial charge is 0.493 e. The van der Waals surface area contributed by atoms with Gasteiger partial charge in [-0.15, -0.1) is 0 Å². The number of hydrogen-bond acceptors (Lipinski definition) is 5. The molecule has 2 heterocycles. The summed E-state index contributed by atoms with van der Waals surface area (Å²) in [5, 5.41) is 5.47. The van der Waals surface area contributed by atoms with Crippen molar-refractivity contribution < 1.29 is 13.9 Å². The van der Waals surface area contributed by atoms with E-state index in [-0.39, 0.29) is 11.3 Å². The molecule has 1 N–H and O–H groups in total. The Morgan fingerprint density at radius 3 is 2.87 bits per heavy atom. The van der Waals surface area contributed by atoms with Gasteiger partial charge in [-0.05, 0) is 56.0 Å². The Kier molecular flexibility index (Phi) is 5.43. The van der Waals surface area contributed by atoms with E-state index >= 15 is 0 Å². The molecule has 0 aliphatic carbocycles. The molecular formula is C24H26ClN3O3. The van der Waals surface area contributed by atoms with Gasteiger partial charge in [0.2, 0.25) is 0 Å². The number of anilines is 1. The Morgan fingerprint density at radius 1 is 1.35 bits per heavy atom. The number of para-hydroxylation sites is 1. The highest BCUT2D eigenvalue weighted by atomic mass is 35.5. The zero-order chi connectivity index (χ0) is 22.3. The van der Waals surface area contributed by atoms with Gasteiger partial charge in [0.25, 0.3) is 0 Å². The molecule has 4 rings (SSSR count). The topological polar surface area (TPSA) is 67.1 Å². The third-order valence-corrected chi connectivity index (χ3v) is 6.40. The van der Waals surface area contributed by atoms with E-state index in [4.69, 9.17) is 20.8 Å². The van der Waals surface area contributed by atoms with E-state index in [1.54, 1.807) is 25.5 Å². The smallest absolute Gasteiger partial charge is 0.307 e. The van der Waals surface area contributed by atoms with Crippen LogP contribution in [0.5, 0.6) is 5.75 Å². The van der Waals surface area contributed by atoms with Crippen molar-refractivity contribution in [2.45, 2.75) is 38.6 Å². The Bertz CT molecular complexity index is 1180. The lowest BCUT2D eigenvalue weighted by Gasteiger charge is -2.45. The van der Waals surface area contributed by atoms with Crippen molar-refractivity contribution in [1.29, 1.82) is 0 Å². The summed E-state index contributed by atoms with van der Waals surface area (Å²) in [5.74, 6) is 0.679. The minimum absolute atomic E-state index is 0.0641. The maximum absolute atomic E-state index is 12.5. The van der Waals surface area contributed by atoms with E-state index in [9.17, 15) is 4.79 Å². The molecule has 1 aromatic heterocycles. The van der Waals surface area contributed by atoms with Crippen LogP contribution in [0.4, 0.5) is 5.69 Å². The SMILES string of the molecule is COc1cccc2cc(C(=O)N/N=C\c3cc4c(cc3Cl)N(C)C(C)(C)C[C@H]4C)oc12. The average molecular weight is 440 g/mol. The van der Waals surface area contributed by atoms with Crippen LogP contribution in [0.15, 0.2) is 45.9 Å². The van der Waals surface area contributed by atoms with Crippen LogP contribution in [-0.4, -0.2) is 31.8 Å². The molecule has 0 spiro atoms. The van der Waals surface area contributed by atoms with Crippen LogP contribution < -0.4 is 15.1 Å². The number of hydrogen-bond donors (Lipinski definition) is 1. The predicted octanol–water partition coefficient (Wildman–Crippen LogP) is 5.58. The monoisotopic (exact) mass is 439 g/mol. The molecule has 1 aliphatic rings. The number of carbonyl (C=O) groups is 1. The predicted molar refractivity (Wildman–Crippen MR) is 125 cm³/mol. The lowest BCUT2D eigenvalue weighted by Crippen LogP contribution is -2.45. The van der Waals surface area contributed by atoms with Crippen molar-refractivity contribution in [2.24, 2.45) is 5.10 Å². The standard InChI is InChI=1S/C24H26ClN3O3/c1-14-12-24(2,3)28(4)19-11-18(25)16(9-17(14)19)13-26-27-23(29)21-10-15-7-6-8-20(30-5)22(15)31-21/h6-11,13-14H,12H2,1-5H3,(H,27,29)/b26-13-/t14-/m1/s1. The normalized spacial score (nSPS) is 17.7. The minimum Gasteiger partial charge on any atom is -0.493 e. The van der Waals surface area contributed by atoms with Crippen LogP contribution in [0, 0.1) is 0 Å². The van der Waals surface area contributed by atoms with E-state index in [2.05, 4.69) is 49.3 Å². The van der Waals surface area contributed by atoms with Gasteiger partial charge < -0.3 is 14.1 Å². The number of amides is 1.